The minimum atomic E-state index is -0.614. The van der Waals surface area contributed by atoms with Gasteiger partial charge in [0.25, 0.3) is 0 Å². The summed E-state index contributed by atoms with van der Waals surface area (Å²) in [4.78, 5) is 27.7. The molecular formula is C15H21BrN2O4. The molecule has 0 aromatic carbocycles. The molecule has 1 N–H and O–H groups in total. The summed E-state index contributed by atoms with van der Waals surface area (Å²) in [7, 11) is 0. The number of pyridine rings is 1. The number of rotatable bonds is 5. The van der Waals surface area contributed by atoms with Gasteiger partial charge in [-0.1, -0.05) is 0 Å². The Kier molecular flexibility index (Phi) is 6.80. The molecule has 0 unspecified atom stereocenters. The monoisotopic (exact) mass is 372 g/mol. The molecule has 1 aromatic heterocycles. The van der Waals surface area contributed by atoms with E-state index in [1.165, 1.54) is 0 Å². The van der Waals surface area contributed by atoms with Crippen LogP contribution < -0.4 is 5.32 Å². The Morgan fingerprint density at radius 2 is 2.09 bits per heavy atom. The first-order valence-corrected chi connectivity index (χ1v) is 7.77. The molecule has 0 aliphatic carbocycles. The van der Waals surface area contributed by atoms with Crippen molar-refractivity contribution in [2.24, 2.45) is 0 Å². The van der Waals surface area contributed by atoms with Crippen LogP contribution in [0.5, 0.6) is 0 Å². The van der Waals surface area contributed by atoms with Crippen LogP contribution in [0.25, 0.3) is 0 Å². The van der Waals surface area contributed by atoms with E-state index >= 15 is 0 Å². The second-order valence-corrected chi connectivity index (χ2v) is 6.43. The molecule has 7 heteroatoms. The molecule has 1 rings (SSSR count). The second-order valence-electron chi connectivity index (χ2n) is 5.62. The summed E-state index contributed by atoms with van der Waals surface area (Å²) in [5.41, 5.74) is 0.123. The molecule has 1 atom stereocenters. The zero-order valence-electron chi connectivity index (χ0n) is 13.2. The highest BCUT2D eigenvalue weighted by molar-refractivity contribution is 9.10. The molecule has 6 nitrogen and oxygen atoms in total. The van der Waals surface area contributed by atoms with Crippen LogP contribution in [0.4, 0.5) is 4.79 Å². The average Bonchev–Trinajstić information content (AvgIpc) is 2.36. The van der Waals surface area contributed by atoms with E-state index in [1.807, 2.05) is 0 Å². The number of alkyl carbamates (subject to hydrolysis) is 1. The third-order valence-electron chi connectivity index (χ3n) is 2.52. The third kappa shape index (κ3) is 6.89. The summed E-state index contributed by atoms with van der Waals surface area (Å²) in [5.74, 6) is -0.392. The average molecular weight is 373 g/mol. The van der Waals surface area contributed by atoms with E-state index in [2.05, 4.69) is 26.2 Å². The largest absolute Gasteiger partial charge is 0.466 e. The standard InChI is InChI=1S/C15H21BrN2O4/c1-5-21-13(19)9-11(10-6-7-17-12(16)8-10)18-14(20)22-15(2,3)4/h6-8,11H,5,9H2,1-4H3,(H,18,20)/t11-/m1/s1. The highest BCUT2D eigenvalue weighted by Gasteiger charge is 2.23. The molecule has 0 saturated carbocycles. The SMILES string of the molecule is CCOC(=O)C[C@@H](NC(=O)OC(C)(C)C)c1ccnc(Br)c1. The maximum atomic E-state index is 12.0. The number of hydrogen-bond donors (Lipinski definition) is 1. The summed E-state index contributed by atoms with van der Waals surface area (Å²) < 4.78 is 10.8. The van der Waals surface area contributed by atoms with Gasteiger partial charge in [-0.3, -0.25) is 4.79 Å². The third-order valence-corrected chi connectivity index (χ3v) is 2.95. The molecule has 1 aromatic rings. The van der Waals surface area contributed by atoms with E-state index in [1.54, 1.807) is 46.0 Å². The van der Waals surface area contributed by atoms with E-state index in [-0.39, 0.29) is 13.0 Å². The molecule has 0 radical (unpaired) electrons. The lowest BCUT2D eigenvalue weighted by Crippen LogP contribution is -2.36. The molecule has 122 valence electrons. The predicted octanol–water partition coefficient (Wildman–Crippen LogP) is 3.36. The number of esters is 1. The Morgan fingerprint density at radius 1 is 1.41 bits per heavy atom. The molecule has 1 heterocycles. The first kappa shape index (κ1) is 18.4. The number of amides is 1. The number of ether oxygens (including phenoxy) is 2. The molecule has 0 spiro atoms. The van der Waals surface area contributed by atoms with Crippen LogP contribution in [0, 0.1) is 0 Å². The highest BCUT2D eigenvalue weighted by Crippen LogP contribution is 2.21. The molecule has 1 amide bonds. The van der Waals surface area contributed by atoms with E-state index in [4.69, 9.17) is 9.47 Å². The van der Waals surface area contributed by atoms with Crippen LogP contribution in [0.15, 0.2) is 22.9 Å². The van der Waals surface area contributed by atoms with Crippen molar-refractivity contribution in [2.45, 2.75) is 45.8 Å². The van der Waals surface area contributed by atoms with Gasteiger partial charge in [0.15, 0.2) is 0 Å². The zero-order valence-corrected chi connectivity index (χ0v) is 14.8. The van der Waals surface area contributed by atoms with Crippen LogP contribution in [-0.2, 0) is 14.3 Å². The van der Waals surface area contributed by atoms with Gasteiger partial charge in [0.05, 0.1) is 19.1 Å². The molecule has 0 aliphatic heterocycles. The number of aromatic nitrogens is 1. The van der Waals surface area contributed by atoms with Crippen LogP contribution >= 0.6 is 15.9 Å². The van der Waals surface area contributed by atoms with E-state index in [0.717, 1.165) is 5.56 Å². The van der Waals surface area contributed by atoms with E-state index in [9.17, 15) is 9.59 Å². The Bertz CT molecular complexity index is 529. The summed E-state index contributed by atoms with van der Waals surface area (Å²) in [5, 5.41) is 2.70. The van der Waals surface area contributed by atoms with E-state index < -0.39 is 23.7 Å². The number of halogens is 1. The smallest absolute Gasteiger partial charge is 0.408 e. The van der Waals surface area contributed by atoms with Gasteiger partial charge in [-0.05, 0) is 61.3 Å². The zero-order chi connectivity index (χ0) is 16.8. The summed E-state index contributed by atoms with van der Waals surface area (Å²) >= 11 is 3.27. The summed E-state index contributed by atoms with van der Waals surface area (Å²) in [6.07, 6.45) is 1.02. The Morgan fingerprint density at radius 3 is 2.64 bits per heavy atom. The lowest BCUT2D eigenvalue weighted by molar-refractivity contribution is -0.143. The number of nitrogens with one attached hydrogen (secondary N) is 1. The fourth-order valence-corrected chi connectivity index (χ4v) is 2.11. The minimum absolute atomic E-state index is 0.0174. The van der Waals surface area contributed by atoms with Crippen molar-refractivity contribution in [3.8, 4) is 0 Å². The molecular weight excluding hydrogens is 352 g/mol. The molecule has 0 bridgehead atoms. The summed E-state index contributed by atoms with van der Waals surface area (Å²) in [6.45, 7) is 7.34. The second kappa shape index (κ2) is 8.12. The van der Waals surface area contributed by atoms with Crippen molar-refractivity contribution < 1.29 is 19.1 Å². The fraction of sp³-hybridized carbons (Fsp3) is 0.533. The van der Waals surface area contributed by atoms with Crippen molar-refractivity contribution >= 4 is 28.0 Å². The molecule has 0 aliphatic rings. The maximum Gasteiger partial charge on any atom is 0.408 e. The van der Waals surface area contributed by atoms with Gasteiger partial charge >= 0.3 is 12.1 Å². The summed E-state index contributed by atoms with van der Waals surface area (Å²) in [6, 6.07) is 2.92. The number of carbonyl (C=O) groups excluding carboxylic acids is 2. The molecule has 0 saturated heterocycles. The van der Waals surface area contributed by atoms with Crippen molar-refractivity contribution in [2.75, 3.05) is 6.61 Å². The predicted molar refractivity (Wildman–Crippen MR) is 85.3 cm³/mol. The van der Waals surface area contributed by atoms with Crippen LogP contribution in [0.3, 0.4) is 0 Å². The van der Waals surface area contributed by atoms with Gasteiger partial charge in [0.1, 0.15) is 10.2 Å². The van der Waals surface area contributed by atoms with Gasteiger partial charge in [0, 0.05) is 6.20 Å². The van der Waals surface area contributed by atoms with Crippen molar-refractivity contribution in [3.05, 3.63) is 28.5 Å². The van der Waals surface area contributed by atoms with Crippen LogP contribution in [0.2, 0.25) is 0 Å². The van der Waals surface area contributed by atoms with Gasteiger partial charge in [-0.25, -0.2) is 9.78 Å². The van der Waals surface area contributed by atoms with Crippen LogP contribution in [0.1, 0.15) is 45.7 Å². The van der Waals surface area contributed by atoms with Crippen LogP contribution in [-0.4, -0.2) is 29.3 Å². The first-order valence-electron chi connectivity index (χ1n) is 6.98. The van der Waals surface area contributed by atoms with Crippen molar-refractivity contribution in [3.63, 3.8) is 0 Å². The normalized spacial score (nSPS) is 12.4. The molecule has 22 heavy (non-hydrogen) atoms. The van der Waals surface area contributed by atoms with Gasteiger partial charge in [-0.2, -0.15) is 0 Å². The maximum absolute atomic E-state index is 12.0. The van der Waals surface area contributed by atoms with Crippen molar-refractivity contribution in [1.82, 2.24) is 10.3 Å². The lowest BCUT2D eigenvalue weighted by Gasteiger charge is -2.23. The quantitative estimate of drug-likeness (QED) is 0.633. The Hall–Kier alpha value is -1.63. The van der Waals surface area contributed by atoms with Gasteiger partial charge < -0.3 is 14.8 Å². The first-order chi connectivity index (χ1) is 10.2. The van der Waals surface area contributed by atoms with Crippen molar-refractivity contribution in [1.29, 1.82) is 0 Å². The molecule has 0 fully saturated rings. The topological polar surface area (TPSA) is 77.5 Å². The fourth-order valence-electron chi connectivity index (χ4n) is 1.72. The number of nitrogens with zero attached hydrogens (tertiary/aromatic N) is 1. The number of hydrogen-bond acceptors (Lipinski definition) is 5. The van der Waals surface area contributed by atoms with Gasteiger partial charge in [0.2, 0.25) is 0 Å². The number of carbonyl (C=O) groups is 2. The lowest BCUT2D eigenvalue weighted by atomic mass is 10.1. The Balaban J connectivity index is 2.87. The Labute approximate surface area is 138 Å². The minimum Gasteiger partial charge on any atom is -0.466 e. The highest BCUT2D eigenvalue weighted by atomic mass is 79.9. The van der Waals surface area contributed by atoms with E-state index in [0.29, 0.717) is 4.60 Å². The van der Waals surface area contributed by atoms with Gasteiger partial charge in [-0.15, -0.1) is 0 Å².